The third kappa shape index (κ3) is 5.96. The summed E-state index contributed by atoms with van der Waals surface area (Å²) in [4.78, 5) is 14.7. The first-order chi connectivity index (χ1) is 15.0. The highest BCUT2D eigenvalue weighted by Gasteiger charge is 2.33. The minimum atomic E-state index is 0.0249. The van der Waals surface area contributed by atoms with E-state index in [-0.39, 0.29) is 11.9 Å². The van der Waals surface area contributed by atoms with Gasteiger partial charge in [0.2, 0.25) is 22.8 Å². The van der Waals surface area contributed by atoms with E-state index in [0.717, 1.165) is 28.9 Å². The van der Waals surface area contributed by atoms with E-state index in [0.29, 0.717) is 40.6 Å². The quantitative estimate of drug-likeness (QED) is 0.422. The molecule has 0 spiro atoms. The van der Waals surface area contributed by atoms with E-state index in [2.05, 4.69) is 39.6 Å². The Bertz CT molecular complexity index is 1040. The molecule has 0 bridgehead atoms. The number of nitrogens with zero attached hydrogens (tertiary/aromatic N) is 5. The fourth-order valence-electron chi connectivity index (χ4n) is 2.85. The van der Waals surface area contributed by atoms with Crippen LogP contribution in [0.1, 0.15) is 32.6 Å². The predicted molar refractivity (Wildman–Crippen MR) is 122 cm³/mol. The molecular formula is C20H23ClN6O2S2. The number of benzene rings is 1. The Morgan fingerprint density at radius 3 is 2.84 bits per heavy atom. The van der Waals surface area contributed by atoms with Crippen molar-refractivity contribution in [3.8, 4) is 11.5 Å². The van der Waals surface area contributed by atoms with E-state index in [1.807, 2.05) is 23.1 Å². The summed E-state index contributed by atoms with van der Waals surface area (Å²) in [5.74, 6) is 1.60. The van der Waals surface area contributed by atoms with E-state index >= 15 is 0 Å². The lowest BCUT2D eigenvalue weighted by atomic mass is 10.2. The molecule has 0 aliphatic heterocycles. The number of aromatic nitrogens is 4. The first-order valence-electron chi connectivity index (χ1n) is 10.1. The van der Waals surface area contributed by atoms with Crippen molar-refractivity contribution in [1.82, 2.24) is 25.3 Å². The second-order valence-corrected chi connectivity index (χ2v) is 10.3. The van der Waals surface area contributed by atoms with Gasteiger partial charge in [-0.25, -0.2) is 0 Å². The highest BCUT2D eigenvalue weighted by molar-refractivity contribution is 8.01. The van der Waals surface area contributed by atoms with Crippen molar-refractivity contribution in [3.05, 3.63) is 35.2 Å². The summed E-state index contributed by atoms with van der Waals surface area (Å²) in [6.07, 6.45) is 1.98. The van der Waals surface area contributed by atoms with Gasteiger partial charge in [0, 0.05) is 12.6 Å². The number of carbonyl (C=O) groups is 1. The molecule has 2 heterocycles. The average molecular weight is 479 g/mol. The highest BCUT2D eigenvalue weighted by Crippen LogP contribution is 2.32. The Balaban J connectivity index is 1.35. The SMILES string of the molecule is CC(C)CNc1nnc(SCC(=O)N(Cc2nnc(-c3ccccc3Cl)o2)C2CC2)s1. The van der Waals surface area contributed by atoms with Gasteiger partial charge in [0.15, 0.2) is 4.34 Å². The Kier molecular flexibility index (Phi) is 7.09. The molecular weight excluding hydrogens is 456 g/mol. The lowest BCUT2D eigenvalue weighted by Crippen LogP contribution is -2.34. The molecule has 0 radical (unpaired) electrons. The smallest absolute Gasteiger partial charge is 0.249 e. The zero-order valence-corrected chi connectivity index (χ0v) is 19.6. The first-order valence-corrected chi connectivity index (χ1v) is 12.2. The molecule has 11 heteroatoms. The van der Waals surface area contributed by atoms with Gasteiger partial charge in [0.05, 0.1) is 22.9 Å². The zero-order chi connectivity index (χ0) is 21.8. The molecule has 2 aromatic heterocycles. The number of rotatable bonds is 10. The maximum Gasteiger partial charge on any atom is 0.249 e. The van der Waals surface area contributed by atoms with Crippen LogP contribution in [0.15, 0.2) is 33.0 Å². The number of anilines is 1. The second-order valence-electron chi connectivity index (χ2n) is 7.67. The molecule has 31 heavy (non-hydrogen) atoms. The van der Waals surface area contributed by atoms with E-state index in [1.165, 1.54) is 23.1 Å². The summed E-state index contributed by atoms with van der Waals surface area (Å²) in [6, 6.07) is 7.53. The maximum absolute atomic E-state index is 12.9. The van der Waals surface area contributed by atoms with Gasteiger partial charge in [-0.1, -0.05) is 60.7 Å². The van der Waals surface area contributed by atoms with Crippen LogP contribution in [0.2, 0.25) is 5.02 Å². The number of hydrogen-bond acceptors (Lipinski definition) is 9. The molecule has 1 amide bonds. The van der Waals surface area contributed by atoms with Crippen LogP contribution in [0.25, 0.3) is 11.5 Å². The largest absolute Gasteiger partial charge is 0.419 e. The van der Waals surface area contributed by atoms with Crippen LogP contribution in [0, 0.1) is 5.92 Å². The molecule has 1 saturated carbocycles. The Morgan fingerprint density at radius 2 is 2.10 bits per heavy atom. The number of nitrogens with one attached hydrogen (secondary N) is 1. The summed E-state index contributed by atoms with van der Waals surface area (Å²) >= 11 is 9.08. The highest BCUT2D eigenvalue weighted by atomic mass is 35.5. The topological polar surface area (TPSA) is 97.0 Å². The fraction of sp³-hybridized carbons (Fsp3) is 0.450. The molecule has 1 aliphatic carbocycles. The first kappa shape index (κ1) is 22.0. The van der Waals surface area contributed by atoms with Crippen LogP contribution in [0.4, 0.5) is 5.13 Å². The number of amides is 1. The Labute approximate surface area is 193 Å². The zero-order valence-electron chi connectivity index (χ0n) is 17.2. The lowest BCUT2D eigenvalue weighted by Gasteiger charge is -2.20. The van der Waals surface area contributed by atoms with Gasteiger partial charge in [0.25, 0.3) is 0 Å². The van der Waals surface area contributed by atoms with Crippen LogP contribution >= 0.6 is 34.7 Å². The van der Waals surface area contributed by atoms with Gasteiger partial charge in [-0.3, -0.25) is 4.79 Å². The lowest BCUT2D eigenvalue weighted by molar-refractivity contribution is -0.129. The van der Waals surface area contributed by atoms with Crippen molar-refractivity contribution in [2.24, 2.45) is 5.92 Å². The van der Waals surface area contributed by atoms with Crippen LogP contribution in [-0.2, 0) is 11.3 Å². The third-order valence-corrected chi connectivity index (χ3v) is 6.90. The average Bonchev–Trinajstić information content (AvgIpc) is 3.31. The van der Waals surface area contributed by atoms with Crippen molar-refractivity contribution in [3.63, 3.8) is 0 Å². The van der Waals surface area contributed by atoms with E-state index in [4.69, 9.17) is 16.0 Å². The molecule has 0 saturated heterocycles. The van der Waals surface area contributed by atoms with Crippen molar-refractivity contribution in [1.29, 1.82) is 0 Å². The molecule has 1 aliphatic rings. The minimum absolute atomic E-state index is 0.0249. The van der Waals surface area contributed by atoms with Crippen LogP contribution in [0.3, 0.4) is 0 Å². The van der Waals surface area contributed by atoms with E-state index < -0.39 is 0 Å². The molecule has 3 aromatic rings. The van der Waals surface area contributed by atoms with Crippen LogP contribution in [0.5, 0.6) is 0 Å². The maximum atomic E-state index is 12.9. The van der Waals surface area contributed by atoms with Gasteiger partial charge < -0.3 is 14.6 Å². The molecule has 4 rings (SSSR count). The normalized spacial score (nSPS) is 13.5. The summed E-state index contributed by atoms with van der Waals surface area (Å²) in [7, 11) is 0. The van der Waals surface area contributed by atoms with E-state index in [1.54, 1.807) is 6.07 Å². The number of halogens is 1. The number of thioether (sulfide) groups is 1. The van der Waals surface area contributed by atoms with Crippen molar-refractivity contribution in [2.45, 2.75) is 43.6 Å². The molecule has 8 nitrogen and oxygen atoms in total. The number of hydrogen-bond donors (Lipinski definition) is 1. The van der Waals surface area contributed by atoms with Gasteiger partial charge in [-0.05, 0) is 30.9 Å². The van der Waals surface area contributed by atoms with Crippen molar-refractivity contribution in [2.75, 3.05) is 17.6 Å². The Hall–Kier alpha value is -2.17. The van der Waals surface area contributed by atoms with Gasteiger partial charge >= 0.3 is 0 Å². The molecule has 1 aromatic carbocycles. The van der Waals surface area contributed by atoms with Crippen molar-refractivity contribution >= 4 is 45.7 Å². The third-order valence-electron chi connectivity index (χ3n) is 4.57. The predicted octanol–water partition coefficient (Wildman–Crippen LogP) is 4.59. The van der Waals surface area contributed by atoms with Crippen LogP contribution in [-0.4, -0.2) is 49.5 Å². The summed E-state index contributed by atoms with van der Waals surface area (Å²) in [5.41, 5.74) is 0.681. The molecule has 0 unspecified atom stereocenters. The summed E-state index contributed by atoms with van der Waals surface area (Å²) in [6.45, 7) is 5.40. The standard InChI is InChI=1S/C20H23ClN6O2S2/c1-12(2)9-22-19-25-26-20(31-19)30-11-17(28)27(13-7-8-13)10-16-23-24-18(29-16)14-5-3-4-6-15(14)21/h3-6,12-13H,7-11H2,1-2H3,(H,22,25). The number of carbonyl (C=O) groups excluding carboxylic acids is 1. The molecule has 1 fully saturated rings. The van der Waals surface area contributed by atoms with Crippen molar-refractivity contribution < 1.29 is 9.21 Å². The molecule has 0 atom stereocenters. The fourth-order valence-corrected chi connectivity index (χ4v) is 4.71. The summed E-state index contributed by atoms with van der Waals surface area (Å²) < 4.78 is 6.56. The van der Waals surface area contributed by atoms with Gasteiger partial charge in [-0.15, -0.1) is 20.4 Å². The second kappa shape index (κ2) is 9.97. The van der Waals surface area contributed by atoms with E-state index in [9.17, 15) is 4.79 Å². The Morgan fingerprint density at radius 1 is 1.29 bits per heavy atom. The van der Waals surface area contributed by atoms with Crippen LogP contribution < -0.4 is 5.32 Å². The molecule has 164 valence electrons. The van der Waals surface area contributed by atoms with Gasteiger partial charge in [-0.2, -0.15) is 0 Å². The summed E-state index contributed by atoms with van der Waals surface area (Å²) in [5, 5.41) is 21.1. The van der Waals surface area contributed by atoms with Gasteiger partial charge in [0.1, 0.15) is 0 Å². The minimum Gasteiger partial charge on any atom is -0.419 e. The molecule has 1 N–H and O–H groups in total. The monoisotopic (exact) mass is 478 g/mol.